The third kappa shape index (κ3) is 3.44. The first kappa shape index (κ1) is 21.2. The molecule has 5 rings (SSSR count). The molecule has 1 aromatic carbocycles. The van der Waals surface area contributed by atoms with E-state index >= 15 is 0 Å². The molecule has 0 unspecified atom stereocenters. The normalized spacial score (nSPS) is 22.9. The second kappa shape index (κ2) is 7.46. The van der Waals surface area contributed by atoms with Crippen molar-refractivity contribution in [3.8, 4) is 0 Å². The van der Waals surface area contributed by atoms with Crippen molar-refractivity contribution < 1.29 is 14.0 Å². The smallest absolute Gasteiger partial charge is 0.229 e. The third-order valence-electron chi connectivity index (χ3n) is 6.87. The maximum Gasteiger partial charge on any atom is 0.229 e. The number of nitrogens with one attached hydrogen (secondary N) is 1. The minimum Gasteiger partial charge on any atom is -0.411 e. The summed E-state index contributed by atoms with van der Waals surface area (Å²) in [5.74, 6) is 0.846. The molecule has 2 bridgehead atoms. The molecule has 0 spiro atoms. The van der Waals surface area contributed by atoms with Gasteiger partial charge in [-0.05, 0) is 23.7 Å². The molecular formula is C23H29N5O3Si. The average molecular weight is 452 g/mol. The number of hydrogen-bond donors (Lipinski definition) is 1. The highest BCUT2D eigenvalue weighted by atomic mass is 28.4. The van der Waals surface area contributed by atoms with Crippen LogP contribution < -0.4 is 5.32 Å². The maximum atomic E-state index is 13.3. The summed E-state index contributed by atoms with van der Waals surface area (Å²) < 4.78 is 14.5. The molecule has 2 aromatic heterocycles. The Bertz CT molecular complexity index is 1170. The predicted octanol–water partition coefficient (Wildman–Crippen LogP) is 4.31. The highest BCUT2D eigenvalue weighted by Gasteiger charge is 2.52. The van der Waals surface area contributed by atoms with Crippen LogP contribution in [0, 0.1) is 0 Å². The van der Waals surface area contributed by atoms with Crippen molar-refractivity contribution in [2.45, 2.75) is 70.3 Å². The van der Waals surface area contributed by atoms with Crippen LogP contribution in [0.15, 0.2) is 36.7 Å². The van der Waals surface area contributed by atoms with E-state index in [0.717, 1.165) is 5.56 Å². The molecule has 4 heterocycles. The average Bonchev–Trinajstić information content (AvgIpc) is 3.31. The molecule has 3 aromatic rings. The van der Waals surface area contributed by atoms with Gasteiger partial charge in [0.1, 0.15) is 12.6 Å². The fourth-order valence-corrected chi connectivity index (χ4v) is 5.42. The van der Waals surface area contributed by atoms with Crippen LogP contribution in [-0.2, 0) is 15.7 Å². The van der Waals surface area contributed by atoms with E-state index < -0.39 is 14.4 Å². The molecule has 3 atom stereocenters. The Balaban J connectivity index is 1.44. The Morgan fingerprint density at radius 3 is 2.69 bits per heavy atom. The molecule has 0 radical (unpaired) electrons. The van der Waals surface area contributed by atoms with Gasteiger partial charge in [0.2, 0.25) is 5.78 Å². The fourth-order valence-electron chi connectivity index (χ4n) is 4.09. The van der Waals surface area contributed by atoms with Crippen molar-refractivity contribution >= 4 is 31.1 Å². The van der Waals surface area contributed by atoms with Gasteiger partial charge in [0.25, 0.3) is 0 Å². The number of ether oxygens (including phenoxy) is 1. The first-order valence-electron chi connectivity index (χ1n) is 11.0. The van der Waals surface area contributed by atoms with Gasteiger partial charge in [-0.2, -0.15) is 0 Å². The van der Waals surface area contributed by atoms with E-state index in [4.69, 9.17) is 9.16 Å². The van der Waals surface area contributed by atoms with E-state index in [-0.39, 0.29) is 23.2 Å². The van der Waals surface area contributed by atoms with Crippen molar-refractivity contribution in [1.29, 1.82) is 0 Å². The predicted molar refractivity (Wildman–Crippen MR) is 124 cm³/mol. The molecule has 9 heteroatoms. The SMILES string of the molecule is CC(C)(C)[Si](C)(C)O[C@H]1C[C@H]2O[C@@H]1C(=O)c1nc3c(NCc4ccccc4)ncnc3n12. The number of carbonyl (C=O) groups excluding carboxylic acids is 1. The first-order chi connectivity index (χ1) is 15.2. The number of anilines is 1. The van der Waals surface area contributed by atoms with E-state index in [0.29, 0.717) is 35.8 Å². The molecule has 168 valence electrons. The van der Waals surface area contributed by atoms with Crippen LogP contribution in [0.1, 0.15) is 49.6 Å². The van der Waals surface area contributed by atoms with E-state index in [2.05, 4.69) is 54.1 Å². The molecule has 1 saturated heterocycles. The molecule has 2 aliphatic heterocycles. The van der Waals surface area contributed by atoms with Crippen LogP contribution in [-0.4, -0.2) is 45.8 Å². The van der Waals surface area contributed by atoms with Crippen molar-refractivity contribution in [3.63, 3.8) is 0 Å². The van der Waals surface area contributed by atoms with Gasteiger partial charge in [-0.1, -0.05) is 51.1 Å². The Morgan fingerprint density at radius 2 is 1.97 bits per heavy atom. The number of hydrogen-bond acceptors (Lipinski definition) is 7. The van der Waals surface area contributed by atoms with Crippen LogP contribution in [0.2, 0.25) is 18.1 Å². The highest BCUT2D eigenvalue weighted by Crippen LogP contribution is 2.44. The van der Waals surface area contributed by atoms with Crippen LogP contribution in [0.25, 0.3) is 11.2 Å². The zero-order chi connectivity index (χ0) is 22.7. The number of ketones is 1. The van der Waals surface area contributed by atoms with Crippen LogP contribution in [0.4, 0.5) is 5.82 Å². The van der Waals surface area contributed by atoms with Gasteiger partial charge in [0.05, 0.1) is 6.10 Å². The first-order valence-corrected chi connectivity index (χ1v) is 13.9. The summed E-state index contributed by atoms with van der Waals surface area (Å²) >= 11 is 0. The Kier molecular flexibility index (Phi) is 4.95. The van der Waals surface area contributed by atoms with Gasteiger partial charge in [0.15, 0.2) is 37.2 Å². The van der Waals surface area contributed by atoms with Crippen molar-refractivity contribution in [2.75, 3.05) is 5.32 Å². The number of rotatable bonds is 5. The Labute approximate surface area is 188 Å². The van der Waals surface area contributed by atoms with Gasteiger partial charge in [-0.3, -0.25) is 9.36 Å². The number of nitrogens with zero attached hydrogens (tertiary/aromatic N) is 4. The quantitative estimate of drug-likeness (QED) is 0.578. The number of fused-ring (bicyclic) bond motifs is 6. The lowest BCUT2D eigenvalue weighted by Crippen LogP contribution is -2.47. The molecule has 0 amide bonds. The largest absolute Gasteiger partial charge is 0.411 e. The van der Waals surface area contributed by atoms with Gasteiger partial charge >= 0.3 is 0 Å². The lowest BCUT2D eigenvalue weighted by molar-refractivity contribution is -0.0192. The molecule has 1 N–H and O–H groups in total. The summed E-state index contributed by atoms with van der Waals surface area (Å²) in [6.07, 6.45) is 0.914. The topological polar surface area (TPSA) is 91.2 Å². The number of Topliss-reactive ketones (excluding diaryl/α,β-unsaturated/α-hetero) is 1. The number of imidazole rings is 1. The van der Waals surface area contributed by atoms with Crippen LogP contribution in [0.3, 0.4) is 0 Å². The molecule has 32 heavy (non-hydrogen) atoms. The summed E-state index contributed by atoms with van der Waals surface area (Å²) in [6.45, 7) is 11.6. The fraction of sp³-hybridized carbons (Fsp3) is 0.478. The lowest BCUT2D eigenvalue weighted by atomic mass is 10.1. The zero-order valence-corrected chi connectivity index (χ0v) is 20.1. The summed E-state index contributed by atoms with van der Waals surface area (Å²) in [5.41, 5.74) is 2.33. The van der Waals surface area contributed by atoms with E-state index in [1.54, 1.807) is 0 Å². The third-order valence-corrected chi connectivity index (χ3v) is 11.4. The van der Waals surface area contributed by atoms with E-state index in [9.17, 15) is 4.79 Å². The molecule has 8 nitrogen and oxygen atoms in total. The van der Waals surface area contributed by atoms with Crippen molar-refractivity contribution in [2.24, 2.45) is 0 Å². The van der Waals surface area contributed by atoms with Gasteiger partial charge in [0, 0.05) is 13.0 Å². The number of benzene rings is 1. The standard InChI is InChI=1S/C23H29N5O3Si/c1-23(2,3)32(4,5)31-15-11-16-28-21-17(27-22(28)18(29)19(15)30-16)20(25-13-26-21)24-12-14-9-7-6-8-10-14/h6-10,13,15-16,19H,11-12H2,1-5H3,(H,24,25,26)/t15-,16+,19-/m0/s1. The molecular weight excluding hydrogens is 422 g/mol. The van der Waals surface area contributed by atoms with Crippen LogP contribution >= 0.6 is 0 Å². The highest BCUT2D eigenvalue weighted by molar-refractivity contribution is 6.74. The summed E-state index contributed by atoms with van der Waals surface area (Å²) in [5, 5.41) is 3.39. The zero-order valence-electron chi connectivity index (χ0n) is 19.1. The van der Waals surface area contributed by atoms with Gasteiger partial charge in [-0.15, -0.1) is 0 Å². The molecule has 2 aliphatic rings. The van der Waals surface area contributed by atoms with Crippen molar-refractivity contribution in [1.82, 2.24) is 19.5 Å². The molecule has 0 saturated carbocycles. The second-order valence-corrected chi connectivity index (χ2v) is 14.8. The maximum absolute atomic E-state index is 13.3. The number of carbonyl (C=O) groups is 1. The van der Waals surface area contributed by atoms with E-state index in [1.165, 1.54) is 6.33 Å². The Hall–Kier alpha value is -2.62. The summed E-state index contributed by atoms with van der Waals surface area (Å²) in [4.78, 5) is 26.8. The summed E-state index contributed by atoms with van der Waals surface area (Å²) in [7, 11) is -2.05. The van der Waals surface area contributed by atoms with Crippen LogP contribution in [0.5, 0.6) is 0 Å². The van der Waals surface area contributed by atoms with Gasteiger partial charge < -0.3 is 14.5 Å². The van der Waals surface area contributed by atoms with E-state index in [1.807, 2.05) is 34.9 Å². The molecule has 1 fully saturated rings. The second-order valence-electron chi connectivity index (χ2n) is 10.1. The minimum absolute atomic E-state index is 0.0551. The summed E-state index contributed by atoms with van der Waals surface area (Å²) in [6, 6.07) is 10.1. The Morgan fingerprint density at radius 1 is 1.22 bits per heavy atom. The molecule has 0 aliphatic carbocycles. The van der Waals surface area contributed by atoms with Crippen molar-refractivity contribution in [3.05, 3.63) is 48.0 Å². The van der Waals surface area contributed by atoms with Gasteiger partial charge in [-0.25, -0.2) is 15.0 Å². The number of aromatic nitrogens is 4. The monoisotopic (exact) mass is 451 g/mol. The minimum atomic E-state index is -2.05. The lowest BCUT2D eigenvalue weighted by Gasteiger charge is -2.39.